The zero-order valence-electron chi connectivity index (χ0n) is 14.1. The lowest BCUT2D eigenvalue weighted by atomic mass is 9.96. The fourth-order valence-corrected chi connectivity index (χ4v) is 3.43. The van der Waals surface area contributed by atoms with Crippen LogP contribution >= 0.6 is 11.8 Å². The predicted octanol–water partition coefficient (Wildman–Crippen LogP) is 5.67. The Morgan fingerprint density at radius 2 is 2.00 bits per heavy atom. The first-order valence-corrected chi connectivity index (χ1v) is 8.65. The van der Waals surface area contributed by atoms with E-state index in [0.29, 0.717) is 0 Å². The number of nitrogens with zero attached hydrogens (tertiary/aromatic N) is 1. The van der Waals surface area contributed by atoms with Crippen molar-refractivity contribution >= 4 is 22.6 Å². The molecule has 0 aliphatic carbocycles. The third-order valence-corrected chi connectivity index (χ3v) is 5.12. The highest BCUT2D eigenvalue weighted by Crippen LogP contribution is 2.41. The fourth-order valence-electron chi connectivity index (χ4n) is 2.14. The molecular weight excluding hydrogens is 278 g/mol. The quantitative estimate of drug-likeness (QED) is 0.632. The van der Waals surface area contributed by atoms with Gasteiger partial charge in [-0.15, -0.1) is 0 Å². The zero-order valence-corrected chi connectivity index (χ0v) is 14.9. The Morgan fingerprint density at radius 1 is 1.33 bits per heavy atom. The van der Waals surface area contributed by atoms with Crippen LogP contribution in [0.5, 0.6) is 0 Å². The number of thioether (sulfide) groups is 1. The number of carbonyl (C=O) groups excluding carboxylic acids is 1. The predicted molar refractivity (Wildman–Crippen MR) is 94.6 cm³/mol. The van der Waals surface area contributed by atoms with Gasteiger partial charge in [-0.2, -0.15) is 0 Å². The number of hydrogen-bond donors (Lipinski definition) is 0. The van der Waals surface area contributed by atoms with E-state index in [1.807, 2.05) is 19.2 Å². The van der Waals surface area contributed by atoms with Crippen LogP contribution in [0.15, 0.2) is 38.9 Å². The highest BCUT2D eigenvalue weighted by atomic mass is 32.2. The Hall–Kier alpha value is -1.09. The molecule has 3 heteroatoms. The van der Waals surface area contributed by atoms with Crippen LogP contribution in [0.3, 0.4) is 0 Å². The standard InChI is InChI=1S/C18H27NOS/c1-7-10-11-19-18-15(12(4)8-2)14(6)17(21-18)16(20)13(5)9-3/h10-11,13H,7-9H2,1-6H3/b11-10+,15-12+,19-18-. The molecule has 1 aliphatic heterocycles. The lowest BCUT2D eigenvalue weighted by Gasteiger charge is -2.08. The van der Waals surface area contributed by atoms with Crippen molar-refractivity contribution < 1.29 is 4.79 Å². The van der Waals surface area contributed by atoms with Crippen LogP contribution < -0.4 is 0 Å². The minimum absolute atomic E-state index is 0.0798. The first kappa shape index (κ1) is 18.0. The topological polar surface area (TPSA) is 29.4 Å². The van der Waals surface area contributed by atoms with Gasteiger partial charge in [0.25, 0.3) is 0 Å². The molecule has 0 amide bonds. The molecule has 0 aromatic heterocycles. The van der Waals surface area contributed by atoms with Crippen LogP contribution in [0.2, 0.25) is 0 Å². The lowest BCUT2D eigenvalue weighted by Crippen LogP contribution is -2.10. The minimum atomic E-state index is 0.0798. The number of carbonyl (C=O) groups is 1. The highest BCUT2D eigenvalue weighted by molar-refractivity contribution is 8.19. The first-order valence-electron chi connectivity index (χ1n) is 7.83. The van der Waals surface area contributed by atoms with Gasteiger partial charge in [-0.3, -0.25) is 4.79 Å². The minimum Gasteiger partial charge on any atom is -0.293 e. The van der Waals surface area contributed by atoms with E-state index in [1.54, 1.807) is 11.8 Å². The molecule has 1 rings (SSSR count). The van der Waals surface area contributed by atoms with Crippen LogP contribution in [0.4, 0.5) is 0 Å². The molecule has 0 aromatic rings. The molecule has 0 radical (unpaired) electrons. The van der Waals surface area contributed by atoms with Crippen molar-refractivity contribution in [3.63, 3.8) is 0 Å². The summed E-state index contributed by atoms with van der Waals surface area (Å²) in [5, 5.41) is 0.975. The van der Waals surface area contributed by atoms with Gasteiger partial charge in [-0.05, 0) is 38.7 Å². The molecule has 21 heavy (non-hydrogen) atoms. The molecular formula is C18H27NOS. The Morgan fingerprint density at radius 3 is 2.52 bits per heavy atom. The molecule has 0 saturated heterocycles. The van der Waals surface area contributed by atoms with E-state index >= 15 is 0 Å². The van der Waals surface area contributed by atoms with Crippen LogP contribution in [-0.2, 0) is 4.79 Å². The normalized spacial score (nSPS) is 21.5. The van der Waals surface area contributed by atoms with Gasteiger partial charge in [0.15, 0.2) is 5.78 Å². The van der Waals surface area contributed by atoms with E-state index in [4.69, 9.17) is 0 Å². The van der Waals surface area contributed by atoms with E-state index in [-0.39, 0.29) is 11.7 Å². The van der Waals surface area contributed by atoms with Crippen molar-refractivity contribution in [3.8, 4) is 0 Å². The maximum Gasteiger partial charge on any atom is 0.172 e. The Kier molecular flexibility index (Phi) is 7.16. The Labute approximate surface area is 133 Å². The summed E-state index contributed by atoms with van der Waals surface area (Å²) >= 11 is 1.54. The van der Waals surface area contributed by atoms with Crippen molar-refractivity contribution in [2.24, 2.45) is 10.9 Å². The van der Waals surface area contributed by atoms with Crippen LogP contribution in [0.25, 0.3) is 0 Å². The number of hydrogen-bond acceptors (Lipinski definition) is 3. The summed E-state index contributed by atoms with van der Waals surface area (Å²) < 4.78 is 0. The third kappa shape index (κ3) is 4.19. The molecule has 2 nitrogen and oxygen atoms in total. The molecule has 1 atom stereocenters. The molecule has 0 saturated carbocycles. The fraction of sp³-hybridized carbons (Fsp3) is 0.556. The summed E-state index contributed by atoms with van der Waals surface area (Å²) in [6.07, 6.45) is 6.72. The van der Waals surface area contributed by atoms with Crippen LogP contribution in [0, 0.1) is 5.92 Å². The largest absolute Gasteiger partial charge is 0.293 e. The smallest absolute Gasteiger partial charge is 0.172 e. The molecule has 0 spiro atoms. The third-order valence-electron chi connectivity index (χ3n) is 3.90. The second-order valence-corrected chi connectivity index (χ2v) is 6.46. The van der Waals surface area contributed by atoms with Crippen LogP contribution in [-0.4, -0.2) is 10.8 Å². The van der Waals surface area contributed by atoms with Crippen LogP contribution in [0.1, 0.15) is 60.8 Å². The van der Waals surface area contributed by atoms with Gasteiger partial charge >= 0.3 is 0 Å². The van der Waals surface area contributed by atoms with E-state index in [2.05, 4.69) is 39.6 Å². The van der Waals surface area contributed by atoms with Crippen molar-refractivity contribution in [2.75, 3.05) is 0 Å². The van der Waals surface area contributed by atoms with Gasteiger partial charge in [0.05, 0.1) is 4.91 Å². The average molecular weight is 305 g/mol. The number of Topliss-reactive ketones (excluding diaryl/α,β-unsaturated/α-hetero) is 1. The molecule has 0 aromatic carbocycles. The zero-order chi connectivity index (χ0) is 16.0. The number of rotatable bonds is 6. The SMILES string of the molecule is CC/C=C/N=C1\SC(C(=O)C(C)CC)=C(C)\C1=C(\C)CC. The number of ketones is 1. The Balaban J connectivity index is 3.25. The second-order valence-electron chi connectivity index (χ2n) is 5.47. The molecule has 116 valence electrons. The first-order chi connectivity index (χ1) is 9.97. The lowest BCUT2D eigenvalue weighted by molar-refractivity contribution is -0.118. The summed E-state index contributed by atoms with van der Waals surface area (Å²) in [4.78, 5) is 18.0. The van der Waals surface area contributed by atoms with Gasteiger partial charge in [0, 0.05) is 17.7 Å². The molecule has 1 unspecified atom stereocenters. The van der Waals surface area contributed by atoms with Crippen molar-refractivity contribution in [1.82, 2.24) is 0 Å². The average Bonchev–Trinajstić information content (AvgIpc) is 2.82. The van der Waals surface area contributed by atoms with Gasteiger partial charge < -0.3 is 0 Å². The van der Waals surface area contributed by atoms with E-state index in [1.165, 1.54) is 11.1 Å². The summed E-state index contributed by atoms with van der Waals surface area (Å²) in [7, 11) is 0. The maximum atomic E-state index is 12.5. The van der Waals surface area contributed by atoms with E-state index in [9.17, 15) is 4.79 Å². The van der Waals surface area contributed by atoms with Gasteiger partial charge in [0.1, 0.15) is 5.04 Å². The maximum absolute atomic E-state index is 12.5. The number of allylic oxidation sites excluding steroid dienone is 4. The Bertz CT molecular complexity index is 523. The van der Waals surface area contributed by atoms with Crippen molar-refractivity contribution in [1.29, 1.82) is 0 Å². The van der Waals surface area contributed by atoms with Gasteiger partial charge in [0.2, 0.25) is 0 Å². The van der Waals surface area contributed by atoms with Crippen molar-refractivity contribution in [3.05, 3.63) is 33.9 Å². The number of aliphatic imine (C=N–C) groups is 1. The van der Waals surface area contributed by atoms with Gasteiger partial charge in [-0.25, -0.2) is 4.99 Å². The molecule has 0 N–H and O–H groups in total. The molecule has 1 aliphatic rings. The summed E-state index contributed by atoms with van der Waals surface area (Å²) in [6, 6.07) is 0. The van der Waals surface area contributed by atoms with Crippen molar-refractivity contribution in [2.45, 2.75) is 60.8 Å². The molecule has 1 heterocycles. The molecule has 0 fully saturated rings. The second kappa shape index (κ2) is 8.38. The molecule has 0 bridgehead atoms. The summed E-state index contributed by atoms with van der Waals surface area (Å²) in [5.41, 5.74) is 3.58. The van der Waals surface area contributed by atoms with Gasteiger partial charge in [-0.1, -0.05) is 51.1 Å². The van der Waals surface area contributed by atoms with E-state index < -0.39 is 0 Å². The monoisotopic (exact) mass is 305 g/mol. The highest BCUT2D eigenvalue weighted by Gasteiger charge is 2.30. The summed E-state index contributed by atoms with van der Waals surface area (Å²) in [5.74, 6) is 0.335. The summed E-state index contributed by atoms with van der Waals surface area (Å²) in [6.45, 7) is 12.5. The van der Waals surface area contributed by atoms with E-state index in [0.717, 1.165) is 34.8 Å².